The number of Topliss-reactive ketones (excluding diaryl/α,β-unsaturated/α-hetero) is 1. The molecule has 1 aliphatic heterocycles. The van der Waals surface area contributed by atoms with Crippen LogP contribution in [0.4, 0.5) is 0 Å². The summed E-state index contributed by atoms with van der Waals surface area (Å²) in [5.74, 6) is -1.97. The summed E-state index contributed by atoms with van der Waals surface area (Å²) in [6.07, 6.45) is 6.10. The lowest BCUT2D eigenvalue weighted by Crippen LogP contribution is -2.52. The van der Waals surface area contributed by atoms with Gasteiger partial charge in [-0.25, -0.2) is 0 Å². The summed E-state index contributed by atoms with van der Waals surface area (Å²) in [6.45, 7) is 3.39. The molecule has 0 saturated carbocycles. The Morgan fingerprint density at radius 2 is 2.12 bits per heavy atom. The van der Waals surface area contributed by atoms with Gasteiger partial charge in [-0.3, -0.25) is 14.4 Å². The quantitative estimate of drug-likeness (QED) is 0.614. The lowest BCUT2D eigenvalue weighted by molar-refractivity contribution is -0.141. The summed E-state index contributed by atoms with van der Waals surface area (Å²) < 4.78 is 0. The first-order valence-electron chi connectivity index (χ1n) is 8.78. The number of ketones is 1. The van der Waals surface area contributed by atoms with E-state index in [2.05, 4.69) is 5.32 Å². The van der Waals surface area contributed by atoms with Crippen LogP contribution in [0.5, 0.6) is 0 Å². The van der Waals surface area contributed by atoms with Crippen LogP contribution in [0.3, 0.4) is 0 Å². The molecule has 7 heteroatoms. The van der Waals surface area contributed by atoms with Crippen molar-refractivity contribution < 1.29 is 14.4 Å². The van der Waals surface area contributed by atoms with Crippen LogP contribution in [-0.2, 0) is 14.4 Å². The second kappa shape index (κ2) is 7.93. The summed E-state index contributed by atoms with van der Waals surface area (Å²) in [6, 6.07) is -1.47. The van der Waals surface area contributed by atoms with Crippen molar-refractivity contribution in [3.8, 4) is 0 Å². The second-order valence-corrected chi connectivity index (χ2v) is 6.80. The van der Waals surface area contributed by atoms with Gasteiger partial charge in [0, 0.05) is 13.5 Å². The van der Waals surface area contributed by atoms with Crippen LogP contribution in [0.25, 0.3) is 0 Å². The minimum Gasteiger partial charge on any atom is -0.345 e. The molecule has 5 N–H and O–H groups in total. The number of nitrogens with zero attached hydrogens (tertiary/aromatic N) is 1. The molecule has 4 atom stereocenters. The van der Waals surface area contributed by atoms with Gasteiger partial charge in [0.05, 0.1) is 18.2 Å². The van der Waals surface area contributed by atoms with E-state index in [4.69, 9.17) is 11.5 Å². The molecule has 0 bridgehead atoms. The van der Waals surface area contributed by atoms with Gasteiger partial charge in [0.2, 0.25) is 11.8 Å². The van der Waals surface area contributed by atoms with Gasteiger partial charge in [0.1, 0.15) is 5.92 Å². The molecule has 0 aromatic rings. The molecule has 1 heterocycles. The Balaban J connectivity index is 2.29. The Hall–Kier alpha value is -1.99. The van der Waals surface area contributed by atoms with Crippen LogP contribution in [0.15, 0.2) is 23.3 Å². The maximum atomic E-state index is 13.0. The van der Waals surface area contributed by atoms with E-state index in [0.717, 1.165) is 24.0 Å². The van der Waals surface area contributed by atoms with Crippen LogP contribution in [0, 0.1) is 5.92 Å². The third-order valence-electron chi connectivity index (χ3n) is 5.02. The lowest BCUT2D eigenvalue weighted by atomic mass is 9.83. The van der Waals surface area contributed by atoms with Crippen LogP contribution >= 0.6 is 0 Å². The molecule has 0 aromatic carbocycles. The molecular weight excluding hydrogens is 320 g/mol. The fourth-order valence-corrected chi connectivity index (χ4v) is 3.24. The third kappa shape index (κ3) is 3.99. The van der Waals surface area contributed by atoms with Gasteiger partial charge in [-0.05, 0) is 31.8 Å². The fraction of sp³-hybridized carbons (Fsp3) is 0.611. The normalized spacial score (nSPS) is 26.0. The van der Waals surface area contributed by atoms with Crippen LogP contribution in [0.2, 0.25) is 0 Å². The zero-order valence-electron chi connectivity index (χ0n) is 15.1. The van der Waals surface area contributed by atoms with Crippen molar-refractivity contribution in [3.05, 3.63) is 23.3 Å². The Labute approximate surface area is 148 Å². The highest BCUT2D eigenvalue weighted by Crippen LogP contribution is 2.33. The number of hydrogen-bond donors (Lipinski definition) is 3. The van der Waals surface area contributed by atoms with E-state index >= 15 is 0 Å². The first kappa shape index (κ1) is 19.3. The molecule has 7 nitrogen and oxygen atoms in total. The van der Waals surface area contributed by atoms with E-state index in [1.54, 1.807) is 20.9 Å². The van der Waals surface area contributed by atoms with Crippen LogP contribution < -0.4 is 16.8 Å². The van der Waals surface area contributed by atoms with E-state index in [-0.39, 0.29) is 17.6 Å². The monoisotopic (exact) mass is 348 g/mol. The standard InChI is InChI=1S/C18H28N4O3/c1-4-13(19)17(24)21-10(2)16(23)15-12-8-6-5-7-11(12)9-14(20)22(3)18(15)25/h6,8,10,13-15H,4-5,7,9,19-20H2,1-3H3,(H,21,24)/t10-,13?,14?,15-/m0/s1. The molecule has 1 aliphatic carbocycles. The number of carbonyl (C=O) groups is 3. The summed E-state index contributed by atoms with van der Waals surface area (Å²) >= 11 is 0. The number of nitrogens with one attached hydrogen (secondary N) is 1. The molecular formula is C18H28N4O3. The molecule has 2 unspecified atom stereocenters. The van der Waals surface area contributed by atoms with Crippen LogP contribution in [-0.4, -0.2) is 47.8 Å². The Morgan fingerprint density at radius 3 is 2.76 bits per heavy atom. The summed E-state index contributed by atoms with van der Waals surface area (Å²) in [5, 5.41) is 2.63. The molecule has 2 rings (SSSR count). The molecule has 0 aromatic heterocycles. The van der Waals surface area contributed by atoms with Crippen molar-refractivity contribution in [1.82, 2.24) is 10.2 Å². The molecule has 0 radical (unpaired) electrons. The van der Waals surface area contributed by atoms with E-state index in [1.807, 2.05) is 12.2 Å². The SMILES string of the molecule is CCC(N)C(=O)N[C@@H](C)C(=O)[C@H]1C(=O)N(C)C(N)CC2=C1C=CCC2. The highest BCUT2D eigenvalue weighted by Gasteiger charge is 2.40. The van der Waals surface area contributed by atoms with Crippen molar-refractivity contribution in [2.75, 3.05) is 7.05 Å². The maximum Gasteiger partial charge on any atom is 0.238 e. The molecule has 2 aliphatic rings. The number of amides is 2. The van der Waals surface area contributed by atoms with Gasteiger partial charge >= 0.3 is 0 Å². The number of nitrogens with two attached hydrogens (primary N) is 2. The van der Waals surface area contributed by atoms with Crippen molar-refractivity contribution in [1.29, 1.82) is 0 Å². The lowest BCUT2D eigenvalue weighted by Gasteiger charge is -2.27. The zero-order valence-corrected chi connectivity index (χ0v) is 15.1. The van der Waals surface area contributed by atoms with Gasteiger partial charge in [0.25, 0.3) is 0 Å². The predicted octanol–water partition coefficient (Wildman–Crippen LogP) is 0.207. The molecule has 0 saturated heterocycles. The minimum absolute atomic E-state index is 0.324. The molecule has 0 fully saturated rings. The molecule has 2 amide bonds. The largest absolute Gasteiger partial charge is 0.345 e. The van der Waals surface area contributed by atoms with Gasteiger partial charge in [-0.15, -0.1) is 0 Å². The highest BCUT2D eigenvalue weighted by atomic mass is 16.2. The van der Waals surface area contributed by atoms with E-state index in [0.29, 0.717) is 12.8 Å². The van der Waals surface area contributed by atoms with Crippen LogP contribution in [0.1, 0.15) is 39.5 Å². The first-order valence-corrected chi connectivity index (χ1v) is 8.78. The third-order valence-corrected chi connectivity index (χ3v) is 5.02. The minimum atomic E-state index is -0.932. The van der Waals surface area contributed by atoms with Gasteiger partial charge < -0.3 is 21.7 Å². The van der Waals surface area contributed by atoms with Gasteiger partial charge in [-0.2, -0.15) is 0 Å². The van der Waals surface area contributed by atoms with Crippen molar-refractivity contribution >= 4 is 17.6 Å². The van der Waals surface area contributed by atoms with Gasteiger partial charge in [-0.1, -0.05) is 24.6 Å². The van der Waals surface area contributed by atoms with E-state index < -0.39 is 24.2 Å². The average molecular weight is 348 g/mol. The average Bonchev–Trinajstić information content (AvgIpc) is 2.69. The molecule has 25 heavy (non-hydrogen) atoms. The number of allylic oxidation sites excluding steroid dienone is 2. The molecule has 0 spiro atoms. The smallest absolute Gasteiger partial charge is 0.238 e. The van der Waals surface area contributed by atoms with E-state index in [9.17, 15) is 14.4 Å². The summed E-state index contributed by atoms with van der Waals surface area (Å²) in [7, 11) is 1.62. The Morgan fingerprint density at radius 1 is 1.44 bits per heavy atom. The summed E-state index contributed by atoms with van der Waals surface area (Å²) in [5.41, 5.74) is 13.6. The molecule has 138 valence electrons. The topological polar surface area (TPSA) is 119 Å². The number of rotatable bonds is 5. The maximum absolute atomic E-state index is 13.0. The Kier molecular flexibility index (Phi) is 6.13. The van der Waals surface area contributed by atoms with E-state index in [1.165, 1.54) is 4.90 Å². The first-order chi connectivity index (χ1) is 11.8. The van der Waals surface area contributed by atoms with Crippen molar-refractivity contribution in [2.45, 2.75) is 57.8 Å². The van der Waals surface area contributed by atoms with Gasteiger partial charge in [0.15, 0.2) is 5.78 Å². The van der Waals surface area contributed by atoms with Crippen molar-refractivity contribution in [3.63, 3.8) is 0 Å². The Bertz CT molecular complexity index is 626. The highest BCUT2D eigenvalue weighted by molar-refractivity contribution is 6.08. The van der Waals surface area contributed by atoms with Crippen molar-refractivity contribution in [2.24, 2.45) is 17.4 Å². The zero-order chi connectivity index (χ0) is 18.7. The predicted molar refractivity (Wildman–Crippen MR) is 95.1 cm³/mol. The number of hydrogen-bond acceptors (Lipinski definition) is 5. The second-order valence-electron chi connectivity index (χ2n) is 6.80. The fourth-order valence-electron chi connectivity index (χ4n) is 3.24. The number of carbonyl (C=O) groups excluding carboxylic acids is 3. The summed E-state index contributed by atoms with van der Waals surface area (Å²) in [4.78, 5) is 39.3.